The quantitative estimate of drug-likeness (QED) is 0.859. The summed E-state index contributed by atoms with van der Waals surface area (Å²) in [5.74, 6) is 0.676. The van der Waals surface area contributed by atoms with Crippen LogP contribution in [0.3, 0.4) is 0 Å². The summed E-state index contributed by atoms with van der Waals surface area (Å²) < 4.78 is 4.88. The molecule has 17 heavy (non-hydrogen) atoms. The van der Waals surface area contributed by atoms with Crippen molar-refractivity contribution in [2.75, 3.05) is 20.7 Å². The summed E-state index contributed by atoms with van der Waals surface area (Å²) in [7, 11) is 3.54. The van der Waals surface area contributed by atoms with Gasteiger partial charge in [0.15, 0.2) is 0 Å². The van der Waals surface area contributed by atoms with Gasteiger partial charge in [0.2, 0.25) is 5.88 Å². The lowest BCUT2D eigenvalue weighted by Gasteiger charge is -1.96. The van der Waals surface area contributed by atoms with Crippen LogP contribution in [0.5, 0.6) is 5.88 Å². The number of methoxy groups -OCH3 is 1. The van der Waals surface area contributed by atoms with Gasteiger partial charge in [-0.3, -0.25) is 0 Å². The SMILES string of the molecule is CC.CC.CCNC.COc1cc(C)ccn1. The van der Waals surface area contributed by atoms with Crippen molar-refractivity contribution in [3.8, 4) is 5.88 Å². The van der Waals surface area contributed by atoms with Crippen molar-refractivity contribution in [3.05, 3.63) is 23.9 Å². The summed E-state index contributed by atoms with van der Waals surface area (Å²) in [6.07, 6.45) is 1.73. The normalized spacial score (nSPS) is 7.29. The molecule has 0 aliphatic heterocycles. The van der Waals surface area contributed by atoms with Crippen LogP contribution in [0.4, 0.5) is 0 Å². The average Bonchev–Trinajstić information content (AvgIpc) is 2.43. The fourth-order valence-electron chi connectivity index (χ4n) is 0.620. The van der Waals surface area contributed by atoms with Crippen LogP contribution >= 0.6 is 0 Å². The number of hydrogen-bond donors (Lipinski definition) is 1. The van der Waals surface area contributed by atoms with Gasteiger partial charge in [0.25, 0.3) is 0 Å². The van der Waals surface area contributed by atoms with E-state index in [2.05, 4.69) is 17.2 Å². The second-order valence-corrected chi connectivity index (χ2v) is 2.58. The van der Waals surface area contributed by atoms with Crippen LogP contribution in [0.2, 0.25) is 0 Å². The van der Waals surface area contributed by atoms with Gasteiger partial charge < -0.3 is 10.1 Å². The first kappa shape index (κ1) is 21.2. The van der Waals surface area contributed by atoms with Gasteiger partial charge in [-0.1, -0.05) is 34.6 Å². The van der Waals surface area contributed by atoms with E-state index in [1.807, 2.05) is 53.8 Å². The van der Waals surface area contributed by atoms with E-state index in [-0.39, 0.29) is 0 Å². The highest BCUT2D eigenvalue weighted by atomic mass is 16.5. The van der Waals surface area contributed by atoms with E-state index in [1.165, 1.54) is 5.56 Å². The fraction of sp³-hybridized carbons (Fsp3) is 0.643. The Morgan fingerprint density at radius 2 is 1.71 bits per heavy atom. The number of rotatable bonds is 2. The average molecular weight is 242 g/mol. The zero-order valence-electron chi connectivity index (χ0n) is 12.8. The molecule has 0 aromatic carbocycles. The van der Waals surface area contributed by atoms with E-state index in [4.69, 9.17) is 4.74 Å². The van der Waals surface area contributed by atoms with Crippen LogP contribution in [0.25, 0.3) is 0 Å². The maximum atomic E-state index is 4.88. The van der Waals surface area contributed by atoms with E-state index in [0.717, 1.165) is 6.54 Å². The molecule has 0 fully saturated rings. The topological polar surface area (TPSA) is 34.1 Å². The fourth-order valence-corrected chi connectivity index (χ4v) is 0.620. The molecule has 0 aliphatic carbocycles. The largest absolute Gasteiger partial charge is 0.481 e. The van der Waals surface area contributed by atoms with E-state index in [9.17, 15) is 0 Å². The minimum atomic E-state index is 0.676. The second-order valence-electron chi connectivity index (χ2n) is 2.58. The summed E-state index contributed by atoms with van der Waals surface area (Å²) in [6.45, 7) is 13.1. The Balaban J connectivity index is -0.000000208. The van der Waals surface area contributed by atoms with Gasteiger partial charge in [-0.15, -0.1) is 0 Å². The summed E-state index contributed by atoms with van der Waals surface area (Å²) in [5, 5.41) is 2.93. The van der Waals surface area contributed by atoms with Crippen molar-refractivity contribution in [3.63, 3.8) is 0 Å². The van der Waals surface area contributed by atoms with Gasteiger partial charge in [-0.05, 0) is 32.1 Å². The van der Waals surface area contributed by atoms with E-state index in [1.54, 1.807) is 13.3 Å². The highest BCUT2D eigenvalue weighted by Gasteiger charge is 1.88. The van der Waals surface area contributed by atoms with Crippen LogP contribution in [-0.4, -0.2) is 25.7 Å². The van der Waals surface area contributed by atoms with Gasteiger partial charge in [0.1, 0.15) is 0 Å². The summed E-state index contributed by atoms with van der Waals surface area (Å²) in [6, 6.07) is 3.82. The molecule has 0 amide bonds. The molecule has 102 valence electrons. The van der Waals surface area contributed by atoms with Crippen LogP contribution in [0, 0.1) is 6.92 Å². The summed E-state index contributed by atoms with van der Waals surface area (Å²) >= 11 is 0. The molecule has 1 rings (SSSR count). The number of hydrogen-bond acceptors (Lipinski definition) is 3. The first-order valence-electron chi connectivity index (χ1n) is 6.35. The molecule has 1 N–H and O–H groups in total. The monoisotopic (exact) mass is 242 g/mol. The summed E-state index contributed by atoms with van der Waals surface area (Å²) in [4.78, 5) is 3.94. The van der Waals surface area contributed by atoms with E-state index >= 15 is 0 Å². The van der Waals surface area contributed by atoms with Crippen molar-refractivity contribution in [2.45, 2.75) is 41.5 Å². The molecule has 3 heteroatoms. The Kier molecular flexibility index (Phi) is 25.4. The molecule has 0 bridgehead atoms. The van der Waals surface area contributed by atoms with Gasteiger partial charge in [0.05, 0.1) is 7.11 Å². The molecule has 0 unspecified atom stereocenters. The van der Waals surface area contributed by atoms with Crippen molar-refractivity contribution in [1.29, 1.82) is 0 Å². The van der Waals surface area contributed by atoms with Crippen LogP contribution in [0.15, 0.2) is 18.3 Å². The van der Waals surface area contributed by atoms with E-state index < -0.39 is 0 Å². The Morgan fingerprint density at radius 3 is 1.94 bits per heavy atom. The zero-order valence-corrected chi connectivity index (χ0v) is 12.8. The Labute approximate surface area is 108 Å². The lowest BCUT2D eigenvalue weighted by Crippen LogP contribution is -2.01. The Morgan fingerprint density at radius 1 is 1.24 bits per heavy atom. The van der Waals surface area contributed by atoms with Gasteiger partial charge in [-0.25, -0.2) is 4.98 Å². The number of ether oxygens (including phenoxy) is 1. The predicted molar refractivity (Wildman–Crippen MR) is 77.8 cm³/mol. The smallest absolute Gasteiger partial charge is 0.213 e. The Bertz CT molecular complexity index is 225. The standard InChI is InChI=1S/C7H9NO.C3H9N.2C2H6/c1-6-3-4-8-7(5-6)9-2;1-3-4-2;2*1-2/h3-5H,1-2H3;4H,3H2,1-2H3;2*1-2H3. The third kappa shape index (κ3) is 17.5. The lowest BCUT2D eigenvalue weighted by molar-refractivity contribution is 0.397. The minimum absolute atomic E-state index is 0.676. The second kappa shape index (κ2) is 20.3. The lowest BCUT2D eigenvalue weighted by atomic mass is 10.3. The van der Waals surface area contributed by atoms with Gasteiger partial charge in [-0.2, -0.15) is 0 Å². The third-order valence-corrected chi connectivity index (χ3v) is 1.45. The van der Waals surface area contributed by atoms with Gasteiger partial charge >= 0.3 is 0 Å². The van der Waals surface area contributed by atoms with Crippen LogP contribution < -0.4 is 10.1 Å². The molecule has 1 heterocycles. The number of nitrogens with zero attached hydrogens (tertiary/aromatic N) is 1. The first-order valence-corrected chi connectivity index (χ1v) is 6.35. The first-order chi connectivity index (χ1) is 8.24. The molecule has 0 aliphatic rings. The van der Waals surface area contributed by atoms with Gasteiger partial charge in [0, 0.05) is 12.3 Å². The van der Waals surface area contributed by atoms with Crippen molar-refractivity contribution < 1.29 is 4.74 Å². The van der Waals surface area contributed by atoms with Crippen molar-refractivity contribution in [2.24, 2.45) is 0 Å². The maximum absolute atomic E-state index is 4.88. The molecule has 1 aromatic heterocycles. The molecular weight excluding hydrogens is 212 g/mol. The highest BCUT2D eigenvalue weighted by molar-refractivity contribution is 5.18. The molecule has 0 saturated carbocycles. The third-order valence-electron chi connectivity index (χ3n) is 1.45. The van der Waals surface area contributed by atoms with Crippen LogP contribution in [-0.2, 0) is 0 Å². The highest BCUT2D eigenvalue weighted by Crippen LogP contribution is 2.05. The maximum Gasteiger partial charge on any atom is 0.213 e. The molecule has 0 saturated heterocycles. The number of pyridine rings is 1. The van der Waals surface area contributed by atoms with Crippen molar-refractivity contribution in [1.82, 2.24) is 10.3 Å². The minimum Gasteiger partial charge on any atom is -0.481 e. The van der Waals surface area contributed by atoms with Crippen LogP contribution in [0.1, 0.15) is 40.2 Å². The molecular formula is C14H30N2O. The number of aryl methyl sites for hydroxylation is 1. The predicted octanol–water partition coefficient (Wildman–Crippen LogP) is 3.68. The molecule has 0 radical (unpaired) electrons. The molecule has 1 aromatic rings. The van der Waals surface area contributed by atoms with Crippen molar-refractivity contribution >= 4 is 0 Å². The molecule has 3 nitrogen and oxygen atoms in total. The zero-order chi connectivity index (χ0) is 14.1. The van der Waals surface area contributed by atoms with E-state index in [0.29, 0.717) is 5.88 Å². The number of aromatic nitrogens is 1. The number of nitrogens with one attached hydrogen (secondary N) is 1. The summed E-state index contributed by atoms with van der Waals surface area (Å²) in [5.41, 5.74) is 1.17. The Hall–Kier alpha value is -1.09. The molecule has 0 atom stereocenters. The molecule has 0 spiro atoms.